The van der Waals surface area contributed by atoms with Gasteiger partial charge in [0.2, 0.25) is 5.91 Å². The van der Waals surface area contributed by atoms with Gasteiger partial charge in [0.15, 0.2) is 5.96 Å². The molecule has 0 atom stereocenters. The number of nitrogens with one attached hydrogen (secondary N) is 1. The summed E-state index contributed by atoms with van der Waals surface area (Å²) in [5.74, 6) is -0.113. The number of rotatable bonds is 4. The molecule has 1 N–H and O–H groups in total. The lowest BCUT2D eigenvalue weighted by Gasteiger charge is -2.36. The van der Waals surface area contributed by atoms with Crippen molar-refractivity contribution in [3.63, 3.8) is 0 Å². The molecule has 1 aromatic rings. The third-order valence-electron chi connectivity index (χ3n) is 4.44. The molecule has 3 rings (SSSR count). The van der Waals surface area contributed by atoms with Crippen LogP contribution in [0.1, 0.15) is 18.4 Å². The zero-order valence-corrected chi connectivity index (χ0v) is 16.5. The molecule has 1 aliphatic carbocycles. The molecule has 1 heterocycles. The van der Waals surface area contributed by atoms with E-state index >= 15 is 0 Å². The molecule has 5 nitrogen and oxygen atoms in total. The van der Waals surface area contributed by atoms with Crippen LogP contribution in [0.4, 0.5) is 8.78 Å². The summed E-state index contributed by atoms with van der Waals surface area (Å²) in [5, 5.41) is 3.13. The highest BCUT2D eigenvalue weighted by molar-refractivity contribution is 14.0. The fraction of sp³-hybridized carbons (Fsp3) is 0.529. The molecule has 0 unspecified atom stereocenters. The monoisotopic (exact) mass is 464 g/mol. The van der Waals surface area contributed by atoms with Gasteiger partial charge in [0.1, 0.15) is 11.6 Å². The minimum atomic E-state index is -0.447. The fourth-order valence-electron chi connectivity index (χ4n) is 3.02. The minimum Gasteiger partial charge on any atom is -0.356 e. The molecule has 138 valence electrons. The van der Waals surface area contributed by atoms with Gasteiger partial charge in [0.05, 0.1) is 6.54 Å². The van der Waals surface area contributed by atoms with Crippen molar-refractivity contribution in [2.24, 2.45) is 4.99 Å². The first-order chi connectivity index (χ1) is 11.6. The number of nitrogens with zero attached hydrogens (tertiary/aromatic N) is 3. The van der Waals surface area contributed by atoms with Gasteiger partial charge in [-0.15, -0.1) is 24.0 Å². The second-order valence-electron chi connectivity index (χ2n) is 6.20. The number of aliphatic imine (C=N–C) groups is 1. The lowest BCUT2D eigenvalue weighted by atomic mass is 10.1. The summed E-state index contributed by atoms with van der Waals surface area (Å²) in [7, 11) is 1.66. The molecular formula is C17H23F2IN4O. The van der Waals surface area contributed by atoms with Crippen molar-refractivity contribution in [2.75, 3.05) is 33.2 Å². The Balaban J connectivity index is 0.00000225. The summed E-state index contributed by atoms with van der Waals surface area (Å²) < 4.78 is 26.8. The van der Waals surface area contributed by atoms with E-state index in [0.29, 0.717) is 43.6 Å². The van der Waals surface area contributed by atoms with Crippen LogP contribution in [0.25, 0.3) is 0 Å². The maximum absolute atomic E-state index is 13.6. The number of piperazine rings is 1. The van der Waals surface area contributed by atoms with Gasteiger partial charge < -0.3 is 15.1 Å². The Labute approximate surface area is 163 Å². The summed E-state index contributed by atoms with van der Waals surface area (Å²) in [4.78, 5) is 20.2. The largest absolute Gasteiger partial charge is 0.356 e. The van der Waals surface area contributed by atoms with E-state index in [1.54, 1.807) is 7.05 Å². The number of guanidine groups is 1. The predicted octanol–water partition coefficient (Wildman–Crippen LogP) is 2.01. The van der Waals surface area contributed by atoms with Gasteiger partial charge in [0, 0.05) is 32.7 Å². The number of hydrogen-bond donors (Lipinski definition) is 1. The average molecular weight is 464 g/mol. The molecular weight excluding hydrogens is 441 g/mol. The molecule has 25 heavy (non-hydrogen) atoms. The number of halogens is 3. The number of carbonyl (C=O) groups excluding carboxylic acids is 1. The van der Waals surface area contributed by atoms with Crippen LogP contribution in [0.2, 0.25) is 0 Å². The van der Waals surface area contributed by atoms with Gasteiger partial charge in [-0.3, -0.25) is 9.79 Å². The molecule has 0 spiro atoms. The lowest BCUT2D eigenvalue weighted by molar-refractivity contribution is -0.135. The molecule has 1 aromatic carbocycles. The van der Waals surface area contributed by atoms with E-state index in [9.17, 15) is 13.6 Å². The highest BCUT2D eigenvalue weighted by Gasteiger charge is 2.36. The van der Waals surface area contributed by atoms with Crippen molar-refractivity contribution >= 4 is 35.8 Å². The van der Waals surface area contributed by atoms with E-state index in [0.717, 1.165) is 31.5 Å². The molecule has 1 amide bonds. The van der Waals surface area contributed by atoms with Gasteiger partial charge in [-0.1, -0.05) is 0 Å². The summed E-state index contributed by atoms with van der Waals surface area (Å²) >= 11 is 0. The van der Waals surface area contributed by atoms with E-state index in [4.69, 9.17) is 0 Å². The Kier molecular flexibility index (Phi) is 6.97. The van der Waals surface area contributed by atoms with E-state index in [1.807, 2.05) is 9.80 Å². The van der Waals surface area contributed by atoms with E-state index in [-0.39, 0.29) is 29.9 Å². The molecule has 1 saturated heterocycles. The van der Waals surface area contributed by atoms with Crippen LogP contribution in [-0.2, 0) is 11.2 Å². The Bertz CT molecular complexity index is 652. The number of benzene rings is 1. The maximum Gasteiger partial charge on any atom is 0.242 e. The third kappa shape index (κ3) is 5.02. The Hall–Kier alpha value is -1.45. The van der Waals surface area contributed by atoms with Crippen LogP contribution >= 0.6 is 24.0 Å². The molecule has 8 heteroatoms. The second kappa shape index (κ2) is 8.77. The molecule has 0 bridgehead atoms. The van der Waals surface area contributed by atoms with Crippen molar-refractivity contribution in [3.8, 4) is 0 Å². The predicted molar refractivity (Wildman–Crippen MR) is 103 cm³/mol. The number of carbonyl (C=O) groups is 1. The summed E-state index contributed by atoms with van der Waals surface area (Å²) in [6.45, 7) is 2.17. The average Bonchev–Trinajstić information content (AvgIpc) is 3.39. The maximum atomic E-state index is 13.6. The smallest absolute Gasteiger partial charge is 0.242 e. The fourth-order valence-corrected chi connectivity index (χ4v) is 3.02. The van der Waals surface area contributed by atoms with Gasteiger partial charge in [-0.05, 0) is 43.0 Å². The third-order valence-corrected chi connectivity index (χ3v) is 4.44. The van der Waals surface area contributed by atoms with Crippen LogP contribution in [0.5, 0.6) is 0 Å². The van der Waals surface area contributed by atoms with Crippen molar-refractivity contribution in [1.82, 2.24) is 15.1 Å². The molecule has 0 aromatic heterocycles. The van der Waals surface area contributed by atoms with Gasteiger partial charge in [0.25, 0.3) is 0 Å². The first-order valence-electron chi connectivity index (χ1n) is 8.27. The molecule has 2 aliphatic rings. The van der Waals surface area contributed by atoms with Gasteiger partial charge in [-0.25, -0.2) is 8.78 Å². The topological polar surface area (TPSA) is 47.9 Å². The normalized spacial score (nSPS) is 18.2. The highest BCUT2D eigenvalue weighted by Crippen LogP contribution is 2.28. The summed E-state index contributed by atoms with van der Waals surface area (Å²) in [5.41, 5.74) is 0.326. The highest BCUT2D eigenvalue weighted by atomic mass is 127. The van der Waals surface area contributed by atoms with Crippen molar-refractivity contribution in [3.05, 3.63) is 35.4 Å². The number of amides is 1. The first kappa shape index (κ1) is 19.9. The number of hydrogen-bond acceptors (Lipinski definition) is 2. The van der Waals surface area contributed by atoms with Crippen LogP contribution in [0.15, 0.2) is 23.2 Å². The van der Waals surface area contributed by atoms with E-state index < -0.39 is 11.6 Å². The summed E-state index contributed by atoms with van der Waals surface area (Å²) in [6, 6.07) is 3.88. The van der Waals surface area contributed by atoms with Crippen LogP contribution in [0.3, 0.4) is 0 Å². The van der Waals surface area contributed by atoms with Gasteiger partial charge >= 0.3 is 0 Å². The van der Waals surface area contributed by atoms with Crippen LogP contribution in [-0.4, -0.2) is 60.9 Å². The molecule has 0 radical (unpaired) electrons. The quantitative estimate of drug-likeness (QED) is 0.422. The first-order valence-corrected chi connectivity index (χ1v) is 8.27. The molecule has 2 fully saturated rings. The zero-order chi connectivity index (χ0) is 17.1. The second-order valence-corrected chi connectivity index (χ2v) is 6.20. The molecule has 1 aliphatic heterocycles. The van der Waals surface area contributed by atoms with Crippen LogP contribution < -0.4 is 5.32 Å². The van der Waals surface area contributed by atoms with Crippen molar-refractivity contribution < 1.29 is 13.6 Å². The van der Waals surface area contributed by atoms with Gasteiger partial charge in [-0.2, -0.15) is 0 Å². The van der Waals surface area contributed by atoms with Crippen molar-refractivity contribution in [2.45, 2.75) is 25.3 Å². The Morgan fingerprint density at radius 3 is 2.72 bits per heavy atom. The van der Waals surface area contributed by atoms with E-state index in [2.05, 4.69) is 10.3 Å². The Morgan fingerprint density at radius 2 is 2.08 bits per heavy atom. The van der Waals surface area contributed by atoms with Crippen molar-refractivity contribution in [1.29, 1.82) is 0 Å². The minimum absolute atomic E-state index is 0. The Morgan fingerprint density at radius 1 is 1.32 bits per heavy atom. The summed E-state index contributed by atoms with van der Waals surface area (Å²) in [6.07, 6.45) is 2.56. The standard InChI is InChI=1S/C17H22F2N4O.HI/c1-20-17(21-7-6-12-10-13(18)2-5-15(12)19)22-8-9-23(14-3-4-14)16(24)11-22;/h2,5,10,14H,3-4,6-9,11H2,1H3,(H,20,21);1H. The lowest BCUT2D eigenvalue weighted by Crippen LogP contribution is -2.55. The molecule has 1 saturated carbocycles. The van der Waals surface area contributed by atoms with Crippen LogP contribution in [0, 0.1) is 11.6 Å². The van der Waals surface area contributed by atoms with E-state index in [1.165, 1.54) is 6.07 Å². The zero-order valence-electron chi connectivity index (χ0n) is 14.2. The SMILES string of the molecule is CN=C(NCCc1cc(F)ccc1F)N1CCN(C2CC2)C(=O)C1.I.